The van der Waals surface area contributed by atoms with Crippen LogP contribution in [-0.2, 0) is 14.3 Å². The van der Waals surface area contributed by atoms with Gasteiger partial charge in [0.05, 0.1) is 30.8 Å². The Hall–Kier alpha value is -3.52. The van der Waals surface area contributed by atoms with E-state index in [0.29, 0.717) is 22.9 Å². The standard InChI is InChI=1S/C26H28N2O6/c1-17-4-3-13-27(15-17)22-14-24(30)28(25(22)31)20-9-5-19(6-10-20)26(32)34-16-23(29)18-7-11-21(33-2)12-8-18/h5-12,17,22H,3-4,13-16H2,1-2H3. The first-order valence-electron chi connectivity index (χ1n) is 11.4. The van der Waals surface area contributed by atoms with Crippen LogP contribution in [0.3, 0.4) is 0 Å². The van der Waals surface area contributed by atoms with Crippen molar-refractivity contribution in [3.05, 3.63) is 59.7 Å². The number of rotatable bonds is 7. The van der Waals surface area contributed by atoms with Crippen molar-refractivity contribution in [1.82, 2.24) is 4.90 Å². The first-order chi connectivity index (χ1) is 16.4. The number of amides is 2. The van der Waals surface area contributed by atoms with Gasteiger partial charge in [-0.05, 0) is 73.8 Å². The molecule has 0 N–H and O–H groups in total. The molecule has 8 nitrogen and oxygen atoms in total. The average molecular weight is 465 g/mol. The van der Waals surface area contributed by atoms with Gasteiger partial charge in [-0.3, -0.25) is 19.3 Å². The monoisotopic (exact) mass is 464 g/mol. The molecule has 2 unspecified atom stereocenters. The van der Waals surface area contributed by atoms with Crippen LogP contribution < -0.4 is 9.64 Å². The number of nitrogens with zero attached hydrogens (tertiary/aromatic N) is 2. The van der Waals surface area contributed by atoms with E-state index in [0.717, 1.165) is 25.9 Å². The summed E-state index contributed by atoms with van der Waals surface area (Å²) < 4.78 is 10.2. The van der Waals surface area contributed by atoms with E-state index in [9.17, 15) is 19.2 Å². The van der Waals surface area contributed by atoms with Crippen LogP contribution >= 0.6 is 0 Å². The number of ketones is 1. The number of anilines is 1. The Bertz CT molecular complexity index is 1080. The smallest absolute Gasteiger partial charge is 0.338 e. The number of methoxy groups -OCH3 is 1. The average Bonchev–Trinajstić information content (AvgIpc) is 3.16. The maximum atomic E-state index is 13.0. The van der Waals surface area contributed by atoms with E-state index in [2.05, 4.69) is 11.8 Å². The van der Waals surface area contributed by atoms with Crippen LogP contribution in [0.25, 0.3) is 0 Å². The summed E-state index contributed by atoms with van der Waals surface area (Å²) in [7, 11) is 1.53. The molecule has 2 saturated heterocycles. The number of hydrogen-bond acceptors (Lipinski definition) is 7. The number of esters is 1. The molecule has 2 atom stereocenters. The second-order valence-electron chi connectivity index (χ2n) is 8.80. The van der Waals surface area contributed by atoms with Crippen molar-refractivity contribution in [3.8, 4) is 5.75 Å². The van der Waals surface area contributed by atoms with Gasteiger partial charge in [0.2, 0.25) is 5.91 Å². The summed E-state index contributed by atoms with van der Waals surface area (Å²) in [5.74, 6) is -0.326. The molecular formula is C26H28N2O6. The fourth-order valence-corrected chi connectivity index (χ4v) is 4.50. The molecule has 34 heavy (non-hydrogen) atoms. The van der Waals surface area contributed by atoms with Crippen molar-refractivity contribution in [2.45, 2.75) is 32.2 Å². The van der Waals surface area contributed by atoms with Crippen molar-refractivity contribution in [2.75, 3.05) is 31.7 Å². The van der Waals surface area contributed by atoms with Gasteiger partial charge < -0.3 is 9.47 Å². The van der Waals surface area contributed by atoms with E-state index in [-0.39, 0.29) is 29.6 Å². The highest BCUT2D eigenvalue weighted by Gasteiger charge is 2.43. The molecule has 4 rings (SSSR count). The highest BCUT2D eigenvalue weighted by Crippen LogP contribution is 2.29. The molecule has 2 fully saturated rings. The topological polar surface area (TPSA) is 93.2 Å². The van der Waals surface area contributed by atoms with Gasteiger partial charge in [0, 0.05) is 12.1 Å². The van der Waals surface area contributed by atoms with Gasteiger partial charge in [-0.2, -0.15) is 0 Å². The maximum absolute atomic E-state index is 13.0. The lowest BCUT2D eigenvalue weighted by atomic mass is 9.98. The van der Waals surface area contributed by atoms with Gasteiger partial charge in [-0.25, -0.2) is 9.69 Å². The van der Waals surface area contributed by atoms with E-state index in [4.69, 9.17) is 9.47 Å². The van der Waals surface area contributed by atoms with Crippen molar-refractivity contribution < 1.29 is 28.7 Å². The molecule has 0 aromatic heterocycles. The van der Waals surface area contributed by atoms with Gasteiger partial charge in [-0.15, -0.1) is 0 Å². The number of hydrogen-bond donors (Lipinski definition) is 0. The molecular weight excluding hydrogens is 436 g/mol. The minimum atomic E-state index is -0.660. The minimum absolute atomic E-state index is 0.169. The molecule has 178 valence electrons. The number of Topliss-reactive ketones (excluding diaryl/α,β-unsaturated/α-hetero) is 1. The van der Waals surface area contributed by atoms with E-state index in [1.54, 1.807) is 36.4 Å². The van der Waals surface area contributed by atoms with Crippen LogP contribution in [0.4, 0.5) is 5.69 Å². The lowest BCUT2D eigenvalue weighted by Crippen LogP contribution is -2.46. The molecule has 2 aliphatic rings. The first-order valence-corrected chi connectivity index (χ1v) is 11.4. The Morgan fingerprint density at radius 2 is 1.68 bits per heavy atom. The number of carbonyl (C=O) groups excluding carboxylic acids is 4. The van der Waals surface area contributed by atoms with Crippen LogP contribution in [0, 0.1) is 5.92 Å². The Balaban J connectivity index is 1.36. The maximum Gasteiger partial charge on any atom is 0.338 e. The number of likely N-dealkylation sites (tertiary alicyclic amines) is 1. The van der Waals surface area contributed by atoms with Crippen molar-refractivity contribution in [2.24, 2.45) is 5.92 Å². The lowest BCUT2D eigenvalue weighted by Gasteiger charge is -2.34. The quantitative estimate of drug-likeness (QED) is 0.353. The Morgan fingerprint density at radius 1 is 1.00 bits per heavy atom. The third kappa shape index (κ3) is 5.02. The van der Waals surface area contributed by atoms with E-state index < -0.39 is 18.6 Å². The summed E-state index contributed by atoms with van der Waals surface area (Å²) in [4.78, 5) is 53.6. The molecule has 2 aliphatic heterocycles. The molecule has 2 amide bonds. The third-order valence-electron chi connectivity index (χ3n) is 6.36. The summed E-state index contributed by atoms with van der Waals surface area (Å²) in [5, 5.41) is 0. The van der Waals surface area contributed by atoms with Crippen molar-refractivity contribution in [3.63, 3.8) is 0 Å². The number of carbonyl (C=O) groups is 4. The second-order valence-corrected chi connectivity index (χ2v) is 8.80. The fourth-order valence-electron chi connectivity index (χ4n) is 4.50. The molecule has 0 bridgehead atoms. The Labute approximate surface area is 198 Å². The zero-order chi connectivity index (χ0) is 24.2. The molecule has 0 spiro atoms. The summed E-state index contributed by atoms with van der Waals surface area (Å²) in [5.41, 5.74) is 1.06. The summed E-state index contributed by atoms with van der Waals surface area (Å²) >= 11 is 0. The predicted molar refractivity (Wildman–Crippen MR) is 125 cm³/mol. The molecule has 2 aromatic carbocycles. The third-order valence-corrected chi connectivity index (χ3v) is 6.36. The molecule has 0 saturated carbocycles. The van der Waals surface area contributed by atoms with Crippen molar-refractivity contribution in [1.29, 1.82) is 0 Å². The van der Waals surface area contributed by atoms with Gasteiger partial charge in [-0.1, -0.05) is 6.92 Å². The van der Waals surface area contributed by atoms with Gasteiger partial charge in [0.1, 0.15) is 5.75 Å². The molecule has 2 heterocycles. The summed E-state index contributed by atoms with van der Waals surface area (Å²) in [6.07, 6.45) is 2.33. The lowest BCUT2D eigenvalue weighted by molar-refractivity contribution is -0.123. The van der Waals surface area contributed by atoms with E-state index in [1.807, 2.05) is 0 Å². The van der Waals surface area contributed by atoms with Crippen LogP contribution in [0.2, 0.25) is 0 Å². The molecule has 0 aliphatic carbocycles. The largest absolute Gasteiger partial charge is 0.497 e. The second kappa shape index (κ2) is 10.2. The SMILES string of the molecule is COc1ccc(C(=O)COC(=O)c2ccc(N3C(=O)CC(N4CCCC(C)C4)C3=O)cc2)cc1. The van der Waals surface area contributed by atoms with Gasteiger partial charge in [0.25, 0.3) is 5.91 Å². The number of imide groups is 1. The van der Waals surface area contributed by atoms with Crippen molar-refractivity contribution >= 4 is 29.3 Å². The van der Waals surface area contributed by atoms with Gasteiger partial charge in [0.15, 0.2) is 12.4 Å². The van der Waals surface area contributed by atoms with Crippen LogP contribution in [0.5, 0.6) is 5.75 Å². The van der Waals surface area contributed by atoms with E-state index in [1.165, 1.54) is 24.1 Å². The highest BCUT2D eigenvalue weighted by atomic mass is 16.5. The van der Waals surface area contributed by atoms with E-state index >= 15 is 0 Å². The fraction of sp³-hybridized carbons (Fsp3) is 0.385. The number of ether oxygens (including phenoxy) is 2. The normalized spacial score (nSPS) is 20.9. The zero-order valence-corrected chi connectivity index (χ0v) is 19.4. The predicted octanol–water partition coefficient (Wildman–Crippen LogP) is 3.10. The first kappa shape index (κ1) is 23.6. The van der Waals surface area contributed by atoms with Crippen LogP contribution in [0.15, 0.2) is 48.5 Å². The Kier molecular flexibility index (Phi) is 7.07. The van der Waals surface area contributed by atoms with Gasteiger partial charge >= 0.3 is 5.97 Å². The molecule has 0 radical (unpaired) electrons. The number of piperidine rings is 1. The van der Waals surface area contributed by atoms with Crippen LogP contribution in [-0.4, -0.2) is 61.3 Å². The Morgan fingerprint density at radius 3 is 2.32 bits per heavy atom. The summed E-state index contributed by atoms with van der Waals surface area (Å²) in [6, 6.07) is 12.2. The molecule has 8 heteroatoms. The van der Waals surface area contributed by atoms with Crippen LogP contribution in [0.1, 0.15) is 46.9 Å². The minimum Gasteiger partial charge on any atom is -0.497 e. The zero-order valence-electron chi connectivity index (χ0n) is 19.4. The summed E-state index contributed by atoms with van der Waals surface area (Å²) in [6.45, 7) is 3.40. The molecule has 2 aromatic rings. The highest BCUT2D eigenvalue weighted by molar-refractivity contribution is 6.22. The number of benzene rings is 2.